The molecule has 1 aromatic heterocycles. The average molecular weight is 373 g/mol. The summed E-state index contributed by atoms with van der Waals surface area (Å²) in [4.78, 5) is 24.6. The Morgan fingerprint density at radius 3 is 2.28 bits per heavy atom. The van der Waals surface area contributed by atoms with Gasteiger partial charge < -0.3 is 10.6 Å². The van der Waals surface area contributed by atoms with Gasteiger partial charge in [0.15, 0.2) is 0 Å². The van der Waals surface area contributed by atoms with Crippen molar-refractivity contribution in [3.05, 3.63) is 58.4 Å². The Labute approximate surface area is 154 Å². The molecule has 2 aromatic carbocycles. The topological polar surface area (TPSA) is 58.2 Å². The molecule has 0 spiro atoms. The van der Waals surface area contributed by atoms with Crippen LogP contribution >= 0.6 is 22.9 Å². The van der Waals surface area contributed by atoms with Crippen molar-refractivity contribution in [2.75, 3.05) is 10.6 Å². The second-order valence-electron chi connectivity index (χ2n) is 5.57. The third-order valence-corrected chi connectivity index (χ3v) is 5.32. The van der Waals surface area contributed by atoms with E-state index in [4.69, 9.17) is 11.6 Å². The average Bonchev–Trinajstić information content (AvgIpc) is 2.94. The van der Waals surface area contributed by atoms with Gasteiger partial charge in [0.1, 0.15) is 4.88 Å². The van der Waals surface area contributed by atoms with Gasteiger partial charge in [-0.3, -0.25) is 9.59 Å². The molecule has 0 bridgehead atoms. The number of nitrogens with one attached hydrogen (secondary N) is 2. The maximum absolute atomic E-state index is 12.5. The highest BCUT2D eigenvalue weighted by Crippen LogP contribution is 2.35. The summed E-state index contributed by atoms with van der Waals surface area (Å²) in [6, 6.07) is 14.7. The van der Waals surface area contributed by atoms with Crippen molar-refractivity contribution >= 4 is 56.2 Å². The first-order valence-corrected chi connectivity index (χ1v) is 9.16. The summed E-state index contributed by atoms with van der Waals surface area (Å²) in [5.74, 6) is -0.259. The fourth-order valence-electron chi connectivity index (χ4n) is 2.44. The Bertz CT molecular complexity index is 919. The van der Waals surface area contributed by atoms with E-state index >= 15 is 0 Å². The highest BCUT2D eigenvalue weighted by Gasteiger charge is 2.17. The van der Waals surface area contributed by atoms with Crippen molar-refractivity contribution in [1.29, 1.82) is 0 Å². The van der Waals surface area contributed by atoms with Crippen LogP contribution in [0.4, 0.5) is 11.4 Å². The van der Waals surface area contributed by atoms with Gasteiger partial charge in [0.25, 0.3) is 5.91 Å². The minimum Gasteiger partial charge on any atom is -0.326 e. The molecule has 0 aliphatic rings. The standard InChI is InChI=1S/C19H17ClN2O2S/c1-2-5-16(23)21-12-8-10-13(11-9-12)22-19(24)18-17(20)14-6-3-4-7-15(14)25-18/h3-4,6-11H,2,5H2,1H3,(H,21,23)(H,22,24). The number of carbonyl (C=O) groups is 2. The predicted octanol–water partition coefficient (Wildman–Crippen LogP) is 5.55. The smallest absolute Gasteiger partial charge is 0.267 e. The van der Waals surface area contributed by atoms with Gasteiger partial charge in [0.2, 0.25) is 5.91 Å². The zero-order valence-electron chi connectivity index (χ0n) is 13.6. The van der Waals surface area contributed by atoms with Crippen LogP contribution in [0.3, 0.4) is 0 Å². The van der Waals surface area contributed by atoms with E-state index in [0.717, 1.165) is 16.5 Å². The van der Waals surface area contributed by atoms with E-state index in [1.54, 1.807) is 24.3 Å². The lowest BCUT2D eigenvalue weighted by molar-refractivity contribution is -0.116. The first-order valence-electron chi connectivity index (χ1n) is 7.96. The summed E-state index contributed by atoms with van der Waals surface area (Å²) in [6.07, 6.45) is 1.29. The van der Waals surface area contributed by atoms with Crippen molar-refractivity contribution in [1.82, 2.24) is 0 Å². The molecule has 0 radical (unpaired) electrons. The lowest BCUT2D eigenvalue weighted by Crippen LogP contribution is -2.12. The molecule has 2 N–H and O–H groups in total. The number of hydrogen-bond acceptors (Lipinski definition) is 3. The van der Waals surface area contributed by atoms with Crippen LogP contribution in [-0.4, -0.2) is 11.8 Å². The van der Waals surface area contributed by atoms with Crippen LogP contribution in [0.1, 0.15) is 29.4 Å². The summed E-state index contributed by atoms with van der Waals surface area (Å²) in [7, 11) is 0. The van der Waals surface area contributed by atoms with Crippen molar-refractivity contribution in [3.8, 4) is 0 Å². The van der Waals surface area contributed by atoms with E-state index in [1.165, 1.54) is 11.3 Å². The fraction of sp³-hybridized carbons (Fsp3) is 0.158. The minimum atomic E-state index is -0.242. The molecule has 128 valence electrons. The van der Waals surface area contributed by atoms with E-state index in [-0.39, 0.29) is 11.8 Å². The third-order valence-electron chi connectivity index (χ3n) is 3.64. The number of rotatable bonds is 5. The Morgan fingerprint density at radius 2 is 1.64 bits per heavy atom. The molecule has 3 rings (SSSR count). The van der Waals surface area contributed by atoms with Crippen LogP contribution < -0.4 is 10.6 Å². The number of hydrogen-bond donors (Lipinski definition) is 2. The molecular weight excluding hydrogens is 356 g/mol. The number of amides is 2. The van der Waals surface area contributed by atoms with Gasteiger partial charge in [-0.25, -0.2) is 0 Å². The molecule has 0 atom stereocenters. The summed E-state index contributed by atoms with van der Waals surface area (Å²) < 4.78 is 0.978. The molecule has 6 heteroatoms. The molecule has 3 aromatic rings. The Balaban J connectivity index is 1.72. The van der Waals surface area contributed by atoms with E-state index < -0.39 is 0 Å². The van der Waals surface area contributed by atoms with Crippen LogP contribution in [0.15, 0.2) is 48.5 Å². The van der Waals surface area contributed by atoms with E-state index in [2.05, 4.69) is 10.6 Å². The minimum absolute atomic E-state index is 0.0173. The van der Waals surface area contributed by atoms with Gasteiger partial charge in [-0.05, 0) is 36.8 Å². The number of anilines is 2. The predicted molar refractivity (Wildman–Crippen MR) is 105 cm³/mol. The van der Waals surface area contributed by atoms with Crippen LogP contribution in [0.5, 0.6) is 0 Å². The van der Waals surface area contributed by atoms with Crippen LogP contribution in [0.2, 0.25) is 5.02 Å². The van der Waals surface area contributed by atoms with Gasteiger partial charge in [0, 0.05) is 27.9 Å². The molecule has 25 heavy (non-hydrogen) atoms. The first-order chi connectivity index (χ1) is 12.1. The Kier molecular flexibility index (Phi) is 5.36. The molecule has 0 saturated heterocycles. The van der Waals surface area contributed by atoms with Gasteiger partial charge >= 0.3 is 0 Å². The van der Waals surface area contributed by atoms with Gasteiger partial charge in [0.05, 0.1) is 5.02 Å². The number of halogens is 1. The van der Waals surface area contributed by atoms with Gasteiger partial charge in [-0.15, -0.1) is 11.3 Å². The number of fused-ring (bicyclic) bond motifs is 1. The molecule has 0 fully saturated rings. The maximum Gasteiger partial charge on any atom is 0.267 e. The fourth-order valence-corrected chi connectivity index (χ4v) is 3.85. The molecule has 0 unspecified atom stereocenters. The first kappa shape index (κ1) is 17.5. The quantitative estimate of drug-likeness (QED) is 0.617. The molecule has 2 amide bonds. The molecule has 0 aliphatic carbocycles. The van der Waals surface area contributed by atoms with Crippen LogP contribution in [0.25, 0.3) is 10.1 Å². The molecule has 0 aliphatic heterocycles. The van der Waals surface area contributed by atoms with Crippen molar-refractivity contribution < 1.29 is 9.59 Å². The lowest BCUT2D eigenvalue weighted by atomic mass is 10.2. The van der Waals surface area contributed by atoms with Gasteiger partial charge in [-0.2, -0.15) is 0 Å². The van der Waals surface area contributed by atoms with E-state index in [9.17, 15) is 9.59 Å². The maximum atomic E-state index is 12.5. The molecule has 4 nitrogen and oxygen atoms in total. The van der Waals surface area contributed by atoms with Gasteiger partial charge in [-0.1, -0.05) is 36.7 Å². The van der Waals surface area contributed by atoms with Crippen LogP contribution in [-0.2, 0) is 4.79 Å². The highest BCUT2D eigenvalue weighted by atomic mass is 35.5. The monoisotopic (exact) mass is 372 g/mol. The van der Waals surface area contributed by atoms with Crippen molar-refractivity contribution in [2.24, 2.45) is 0 Å². The second kappa shape index (κ2) is 7.68. The summed E-state index contributed by atoms with van der Waals surface area (Å²) >= 11 is 7.70. The zero-order chi connectivity index (χ0) is 17.8. The largest absolute Gasteiger partial charge is 0.326 e. The van der Waals surface area contributed by atoms with Crippen LogP contribution in [0, 0.1) is 0 Å². The summed E-state index contributed by atoms with van der Waals surface area (Å²) in [6.45, 7) is 1.96. The second-order valence-corrected chi connectivity index (χ2v) is 7.00. The zero-order valence-corrected chi connectivity index (χ0v) is 15.2. The normalized spacial score (nSPS) is 10.6. The summed E-state index contributed by atoms with van der Waals surface area (Å²) in [5, 5.41) is 7.01. The molecular formula is C19H17ClN2O2S. The molecule has 0 saturated carbocycles. The Morgan fingerprint density at radius 1 is 1.00 bits per heavy atom. The van der Waals surface area contributed by atoms with E-state index in [1.807, 2.05) is 31.2 Å². The van der Waals surface area contributed by atoms with Crippen molar-refractivity contribution in [3.63, 3.8) is 0 Å². The highest BCUT2D eigenvalue weighted by molar-refractivity contribution is 7.21. The number of carbonyl (C=O) groups excluding carboxylic acids is 2. The number of thiophene rings is 1. The molecule has 1 heterocycles. The summed E-state index contributed by atoms with van der Waals surface area (Å²) in [5.41, 5.74) is 1.35. The Hall–Kier alpha value is -2.37. The number of benzene rings is 2. The third kappa shape index (κ3) is 4.00. The van der Waals surface area contributed by atoms with Crippen molar-refractivity contribution in [2.45, 2.75) is 19.8 Å². The SMILES string of the molecule is CCCC(=O)Nc1ccc(NC(=O)c2sc3ccccc3c2Cl)cc1. The van der Waals surface area contributed by atoms with E-state index in [0.29, 0.717) is 27.7 Å². The lowest BCUT2D eigenvalue weighted by Gasteiger charge is -2.07.